The predicted octanol–water partition coefficient (Wildman–Crippen LogP) is -0.380. The number of hydrogen-bond acceptors (Lipinski definition) is 4. The largest absolute Gasteiger partial charge is 0.508 e. The van der Waals surface area contributed by atoms with E-state index in [1.165, 1.54) is 12.1 Å². The molecule has 3 N–H and O–H groups in total. The smallest absolute Gasteiger partial charge is 0.492 e. The quantitative estimate of drug-likeness (QED) is 0.534. The van der Waals surface area contributed by atoms with Crippen LogP contribution in [0.1, 0.15) is 0 Å². The van der Waals surface area contributed by atoms with Gasteiger partial charge >= 0.3 is 7.12 Å². The molecule has 0 saturated carbocycles. The van der Waals surface area contributed by atoms with Crippen LogP contribution in [0, 0.1) is 0 Å². The van der Waals surface area contributed by atoms with Gasteiger partial charge in [-0.3, -0.25) is 4.98 Å². The summed E-state index contributed by atoms with van der Waals surface area (Å²) in [7, 11) is -1.67. The maximum Gasteiger partial charge on any atom is 0.492 e. The molecule has 0 atom stereocenters. The van der Waals surface area contributed by atoms with E-state index >= 15 is 0 Å². The second-order valence-corrected chi connectivity index (χ2v) is 3.01. The standard InChI is InChI=1S/C9H8BNO3/c12-9-4-6-1-2-11-5-7(6)3-8(9)10(13)14/h1-5,12-14H. The number of hydrogen-bond donors (Lipinski definition) is 3. The van der Waals surface area contributed by atoms with Crippen LogP contribution >= 0.6 is 0 Å². The van der Waals surface area contributed by atoms with E-state index in [1.807, 2.05) is 0 Å². The number of benzene rings is 1. The summed E-state index contributed by atoms with van der Waals surface area (Å²) in [4.78, 5) is 3.90. The summed E-state index contributed by atoms with van der Waals surface area (Å²) in [5.74, 6) is -0.126. The highest BCUT2D eigenvalue weighted by Gasteiger charge is 2.16. The summed E-state index contributed by atoms with van der Waals surface area (Å²) in [6, 6.07) is 4.72. The van der Waals surface area contributed by atoms with Gasteiger partial charge in [-0.1, -0.05) is 0 Å². The molecule has 1 aromatic heterocycles. The lowest BCUT2D eigenvalue weighted by molar-refractivity contribution is 0.420. The number of pyridine rings is 1. The lowest BCUT2D eigenvalue weighted by Crippen LogP contribution is -2.29. The third-order valence-electron chi connectivity index (χ3n) is 2.06. The van der Waals surface area contributed by atoms with Gasteiger partial charge in [0, 0.05) is 17.9 Å². The van der Waals surface area contributed by atoms with E-state index in [4.69, 9.17) is 10.0 Å². The Balaban J connectivity index is 2.71. The highest BCUT2D eigenvalue weighted by Crippen LogP contribution is 2.16. The zero-order valence-corrected chi connectivity index (χ0v) is 7.25. The number of aromatic hydroxyl groups is 1. The van der Waals surface area contributed by atoms with Crippen molar-refractivity contribution in [3.63, 3.8) is 0 Å². The number of phenols is 1. The Morgan fingerprint density at radius 3 is 2.64 bits per heavy atom. The molecular formula is C9H8BNO3. The van der Waals surface area contributed by atoms with Crippen molar-refractivity contribution in [3.05, 3.63) is 30.6 Å². The van der Waals surface area contributed by atoms with E-state index in [2.05, 4.69) is 4.98 Å². The van der Waals surface area contributed by atoms with Crippen molar-refractivity contribution in [2.24, 2.45) is 0 Å². The zero-order chi connectivity index (χ0) is 10.1. The molecule has 2 rings (SSSR count). The van der Waals surface area contributed by atoms with Crippen LogP contribution in [-0.4, -0.2) is 27.3 Å². The van der Waals surface area contributed by atoms with E-state index in [0.29, 0.717) is 0 Å². The third kappa shape index (κ3) is 1.43. The Morgan fingerprint density at radius 1 is 1.14 bits per heavy atom. The van der Waals surface area contributed by atoms with Crippen molar-refractivity contribution in [1.82, 2.24) is 4.98 Å². The zero-order valence-electron chi connectivity index (χ0n) is 7.25. The second-order valence-electron chi connectivity index (χ2n) is 3.01. The van der Waals surface area contributed by atoms with E-state index in [9.17, 15) is 5.11 Å². The second kappa shape index (κ2) is 3.28. The van der Waals surface area contributed by atoms with Gasteiger partial charge in [-0.15, -0.1) is 0 Å². The molecule has 0 radical (unpaired) electrons. The van der Waals surface area contributed by atoms with Crippen LogP contribution in [0.5, 0.6) is 5.75 Å². The normalized spacial score (nSPS) is 10.4. The minimum absolute atomic E-state index is 0.0884. The molecule has 70 valence electrons. The molecule has 0 amide bonds. The van der Waals surface area contributed by atoms with Gasteiger partial charge in [0.15, 0.2) is 0 Å². The van der Waals surface area contributed by atoms with E-state index in [1.54, 1.807) is 18.5 Å². The summed E-state index contributed by atoms with van der Waals surface area (Å²) in [5.41, 5.74) is 0.0884. The van der Waals surface area contributed by atoms with E-state index < -0.39 is 7.12 Å². The van der Waals surface area contributed by atoms with E-state index in [0.717, 1.165) is 10.8 Å². The van der Waals surface area contributed by atoms with Crippen molar-refractivity contribution in [1.29, 1.82) is 0 Å². The van der Waals surface area contributed by atoms with Gasteiger partial charge in [0.1, 0.15) is 5.75 Å². The highest BCUT2D eigenvalue weighted by atomic mass is 16.4. The van der Waals surface area contributed by atoms with Gasteiger partial charge in [-0.2, -0.15) is 0 Å². The first kappa shape index (κ1) is 8.99. The molecule has 0 fully saturated rings. The average Bonchev–Trinajstić information content (AvgIpc) is 2.16. The Morgan fingerprint density at radius 2 is 1.93 bits per heavy atom. The van der Waals surface area contributed by atoms with Crippen LogP contribution in [0.25, 0.3) is 10.8 Å². The molecule has 5 heteroatoms. The molecule has 2 aromatic rings. The third-order valence-corrected chi connectivity index (χ3v) is 2.06. The fourth-order valence-electron chi connectivity index (χ4n) is 1.35. The van der Waals surface area contributed by atoms with Crippen LogP contribution < -0.4 is 5.46 Å². The van der Waals surface area contributed by atoms with Gasteiger partial charge in [-0.05, 0) is 29.0 Å². The Bertz CT molecular complexity index is 473. The molecule has 14 heavy (non-hydrogen) atoms. The molecular weight excluding hydrogens is 181 g/mol. The Hall–Kier alpha value is -1.59. The molecule has 0 aliphatic heterocycles. The molecule has 1 heterocycles. The lowest BCUT2D eigenvalue weighted by atomic mass is 9.79. The van der Waals surface area contributed by atoms with Gasteiger partial charge < -0.3 is 15.2 Å². The van der Waals surface area contributed by atoms with Crippen molar-refractivity contribution in [2.75, 3.05) is 0 Å². The molecule has 0 aliphatic carbocycles. The molecule has 4 nitrogen and oxygen atoms in total. The van der Waals surface area contributed by atoms with Crippen molar-refractivity contribution in [3.8, 4) is 5.75 Å². The molecule has 1 aromatic carbocycles. The lowest BCUT2D eigenvalue weighted by Gasteiger charge is -2.04. The van der Waals surface area contributed by atoms with Crippen LogP contribution in [0.15, 0.2) is 30.6 Å². The number of aromatic nitrogens is 1. The molecule has 0 bridgehead atoms. The SMILES string of the molecule is OB(O)c1cc2cnccc2cc1O. The summed E-state index contributed by atoms with van der Waals surface area (Å²) < 4.78 is 0. The molecule has 0 spiro atoms. The first-order valence-corrected chi connectivity index (χ1v) is 4.11. The van der Waals surface area contributed by atoms with Crippen LogP contribution in [-0.2, 0) is 0 Å². The fourth-order valence-corrected chi connectivity index (χ4v) is 1.35. The van der Waals surface area contributed by atoms with E-state index in [-0.39, 0.29) is 11.2 Å². The van der Waals surface area contributed by atoms with Gasteiger partial charge in [-0.25, -0.2) is 0 Å². The fraction of sp³-hybridized carbons (Fsp3) is 0. The summed E-state index contributed by atoms with van der Waals surface area (Å²) in [6.07, 6.45) is 3.21. The van der Waals surface area contributed by atoms with Crippen molar-refractivity contribution in [2.45, 2.75) is 0 Å². The Kier molecular flexibility index (Phi) is 2.11. The summed E-state index contributed by atoms with van der Waals surface area (Å²) in [6.45, 7) is 0. The van der Waals surface area contributed by atoms with Crippen molar-refractivity contribution >= 4 is 23.4 Å². The van der Waals surface area contributed by atoms with Gasteiger partial charge in [0.25, 0.3) is 0 Å². The number of fused-ring (bicyclic) bond motifs is 1. The maximum absolute atomic E-state index is 9.44. The van der Waals surface area contributed by atoms with Gasteiger partial charge in [0.2, 0.25) is 0 Å². The van der Waals surface area contributed by atoms with Gasteiger partial charge in [0.05, 0.1) is 0 Å². The molecule has 0 unspecified atom stereocenters. The first-order valence-electron chi connectivity index (χ1n) is 4.11. The summed E-state index contributed by atoms with van der Waals surface area (Å²) in [5, 5.41) is 28.9. The first-order chi connectivity index (χ1) is 6.68. The molecule has 0 aliphatic rings. The topological polar surface area (TPSA) is 73.6 Å². The van der Waals surface area contributed by atoms with Crippen LogP contribution in [0.2, 0.25) is 0 Å². The minimum Gasteiger partial charge on any atom is -0.508 e. The highest BCUT2D eigenvalue weighted by molar-refractivity contribution is 6.60. The Labute approximate surface area is 80.6 Å². The number of phenolic OH excluding ortho intramolecular Hbond substituents is 1. The average molecular weight is 189 g/mol. The van der Waals surface area contributed by atoms with Crippen LogP contribution in [0.3, 0.4) is 0 Å². The predicted molar refractivity (Wildman–Crippen MR) is 53.2 cm³/mol. The number of nitrogens with zero attached hydrogens (tertiary/aromatic N) is 1. The number of rotatable bonds is 1. The van der Waals surface area contributed by atoms with Crippen LogP contribution in [0.4, 0.5) is 0 Å². The monoisotopic (exact) mass is 189 g/mol. The summed E-state index contributed by atoms with van der Waals surface area (Å²) >= 11 is 0. The maximum atomic E-state index is 9.44. The molecule has 0 saturated heterocycles. The van der Waals surface area contributed by atoms with Crippen molar-refractivity contribution < 1.29 is 15.2 Å². The minimum atomic E-state index is -1.67.